The highest BCUT2D eigenvalue weighted by atomic mass is 35.5. The summed E-state index contributed by atoms with van der Waals surface area (Å²) in [5.74, 6) is 3.16. The lowest BCUT2D eigenvalue weighted by atomic mass is 9.63. The molecule has 3 fully saturated rings. The maximum atomic E-state index is 6.08. The molecule has 1 aromatic carbocycles. The third kappa shape index (κ3) is 1.88. The summed E-state index contributed by atoms with van der Waals surface area (Å²) < 4.78 is 2.52. The van der Waals surface area contributed by atoms with E-state index in [1.54, 1.807) is 0 Å². The monoisotopic (exact) mass is 313 g/mol. The maximum Gasteiger partial charge on any atom is 0.143 e. The fraction of sp³-hybridized carbons (Fsp3) is 0.556. The van der Waals surface area contributed by atoms with Crippen molar-refractivity contribution in [2.24, 2.45) is 0 Å². The molecule has 1 heterocycles. The van der Waals surface area contributed by atoms with Gasteiger partial charge in [0.15, 0.2) is 0 Å². The molecule has 3 saturated carbocycles. The first-order chi connectivity index (χ1) is 10.8. The minimum Gasteiger partial charge on any atom is -0.311 e. The zero-order valence-electron chi connectivity index (χ0n) is 12.6. The number of benzene rings is 1. The second kappa shape index (κ2) is 4.58. The number of hydrogen-bond donors (Lipinski definition) is 0. The quantitative estimate of drug-likeness (QED) is 0.825. The Morgan fingerprint density at radius 3 is 2.27 bits per heavy atom. The Morgan fingerprint density at radius 1 is 1.00 bits per heavy atom. The van der Waals surface area contributed by atoms with Crippen LogP contribution in [0.3, 0.4) is 0 Å². The molecule has 22 heavy (non-hydrogen) atoms. The smallest absolute Gasteiger partial charge is 0.143 e. The van der Waals surface area contributed by atoms with E-state index in [1.807, 2.05) is 12.1 Å². The molecule has 0 atom stereocenters. The highest BCUT2D eigenvalue weighted by Crippen LogP contribution is 2.52. The van der Waals surface area contributed by atoms with Crippen LogP contribution in [0.1, 0.15) is 74.1 Å². The first-order valence-corrected chi connectivity index (χ1v) is 8.87. The molecule has 3 aliphatic carbocycles. The summed E-state index contributed by atoms with van der Waals surface area (Å²) in [6.07, 6.45) is 8.81. The van der Waals surface area contributed by atoms with Crippen molar-refractivity contribution in [3.63, 3.8) is 0 Å². The molecular weight excluding hydrogens is 294 g/mol. The first kappa shape index (κ1) is 13.1. The van der Waals surface area contributed by atoms with Gasteiger partial charge < -0.3 is 4.57 Å². The Morgan fingerprint density at radius 2 is 1.73 bits per heavy atom. The zero-order chi connectivity index (χ0) is 14.7. The van der Waals surface area contributed by atoms with Gasteiger partial charge in [-0.3, -0.25) is 0 Å². The van der Waals surface area contributed by atoms with Crippen LogP contribution in [0.5, 0.6) is 0 Å². The van der Waals surface area contributed by atoms with Gasteiger partial charge in [-0.2, -0.15) is 0 Å². The number of rotatable bonds is 4. The first-order valence-electron chi connectivity index (χ1n) is 8.49. The van der Waals surface area contributed by atoms with Crippen LogP contribution in [0.2, 0.25) is 5.02 Å². The van der Waals surface area contributed by atoms with E-state index in [2.05, 4.69) is 21.8 Å². The van der Waals surface area contributed by atoms with Gasteiger partial charge in [0.25, 0.3) is 0 Å². The summed E-state index contributed by atoms with van der Waals surface area (Å²) in [4.78, 5) is 0. The van der Waals surface area contributed by atoms with Crippen molar-refractivity contribution >= 4 is 11.6 Å². The van der Waals surface area contributed by atoms with Crippen LogP contribution >= 0.6 is 11.6 Å². The molecule has 0 aliphatic heterocycles. The molecule has 0 amide bonds. The molecule has 114 valence electrons. The zero-order valence-corrected chi connectivity index (χ0v) is 13.4. The molecule has 2 aromatic rings. The molecule has 0 radical (unpaired) electrons. The van der Waals surface area contributed by atoms with E-state index >= 15 is 0 Å². The van der Waals surface area contributed by atoms with Gasteiger partial charge in [-0.15, -0.1) is 10.2 Å². The summed E-state index contributed by atoms with van der Waals surface area (Å²) in [6, 6.07) is 9.05. The Balaban J connectivity index is 1.64. The largest absolute Gasteiger partial charge is 0.311 e. The van der Waals surface area contributed by atoms with Gasteiger partial charge in [-0.1, -0.05) is 30.2 Å². The Hall–Kier alpha value is -1.35. The van der Waals surface area contributed by atoms with E-state index in [0.717, 1.165) is 5.02 Å². The van der Waals surface area contributed by atoms with Gasteiger partial charge >= 0.3 is 0 Å². The molecular formula is C18H20ClN3. The predicted octanol–water partition coefficient (Wildman–Crippen LogP) is 4.61. The summed E-state index contributed by atoms with van der Waals surface area (Å²) in [6.45, 7) is 0. The molecule has 0 unspecified atom stereocenters. The second-order valence-corrected chi connectivity index (χ2v) is 7.64. The van der Waals surface area contributed by atoms with Crippen LogP contribution < -0.4 is 0 Å². The molecule has 4 heteroatoms. The van der Waals surface area contributed by atoms with Crippen molar-refractivity contribution in [3.8, 4) is 0 Å². The van der Waals surface area contributed by atoms with E-state index < -0.39 is 0 Å². The van der Waals surface area contributed by atoms with Crippen molar-refractivity contribution in [1.29, 1.82) is 0 Å². The molecule has 5 rings (SSSR count). The average Bonchev–Trinajstić information content (AvgIpc) is 3.39. The second-order valence-electron chi connectivity index (χ2n) is 7.20. The molecule has 0 bridgehead atoms. The summed E-state index contributed by atoms with van der Waals surface area (Å²) in [7, 11) is 0. The van der Waals surface area contributed by atoms with Crippen LogP contribution in [0, 0.1) is 0 Å². The molecule has 0 saturated heterocycles. The van der Waals surface area contributed by atoms with Crippen molar-refractivity contribution in [2.75, 3.05) is 0 Å². The number of aromatic nitrogens is 3. The van der Waals surface area contributed by atoms with E-state index in [4.69, 9.17) is 16.7 Å². The lowest BCUT2D eigenvalue weighted by Crippen LogP contribution is -2.38. The highest BCUT2D eigenvalue weighted by Gasteiger charge is 2.48. The van der Waals surface area contributed by atoms with E-state index in [-0.39, 0.29) is 5.41 Å². The molecule has 0 N–H and O–H groups in total. The minimum atomic E-state index is 0.0767. The summed E-state index contributed by atoms with van der Waals surface area (Å²) >= 11 is 6.08. The van der Waals surface area contributed by atoms with E-state index in [0.29, 0.717) is 12.0 Å². The third-order valence-electron chi connectivity index (χ3n) is 5.61. The van der Waals surface area contributed by atoms with Gasteiger partial charge in [-0.25, -0.2) is 0 Å². The Kier molecular flexibility index (Phi) is 2.73. The number of halogens is 1. The van der Waals surface area contributed by atoms with E-state index in [1.165, 1.54) is 62.2 Å². The maximum absolute atomic E-state index is 6.08. The number of nitrogens with zero attached hydrogens (tertiary/aromatic N) is 3. The van der Waals surface area contributed by atoms with Crippen LogP contribution in [0.4, 0.5) is 0 Å². The normalized spacial score (nSPS) is 23.3. The van der Waals surface area contributed by atoms with E-state index in [9.17, 15) is 0 Å². The minimum absolute atomic E-state index is 0.0767. The van der Waals surface area contributed by atoms with Gasteiger partial charge in [-0.05, 0) is 56.2 Å². The van der Waals surface area contributed by atoms with Crippen LogP contribution in [-0.4, -0.2) is 14.8 Å². The standard InChI is InChI=1S/C18H20ClN3/c19-14-6-4-13(5-7-14)18(10-1-11-18)17-21-20-16(12-2-3-12)22(17)15-8-9-15/h4-7,12,15H,1-3,8-11H2. The lowest BCUT2D eigenvalue weighted by Gasteiger charge is -2.41. The van der Waals surface area contributed by atoms with Gasteiger partial charge in [0, 0.05) is 17.0 Å². The van der Waals surface area contributed by atoms with Crippen LogP contribution in [0.15, 0.2) is 24.3 Å². The van der Waals surface area contributed by atoms with Crippen molar-refractivity contribution in [2.45, 2.75) is 62.3 Å². The molecule has 3 aliphatic rings. The molecule has 0 spiro atoms. The van der Waals surface area contributed by atoms with Gasteiger partial charge in [0.2, 0.25) is 0 Å². The topological polar surface area (TPSA) is 30.7 Å². The Labute approximate surface area is 135 Å². The summed E-state index contributed by atoms with van der Waals surface area (Å²) in [5.41, 5.74) is 1.44. The van der Waals surface area contributed by atoms with Gasteiger partial charge in [0.05, 0.1) is 5.41 Å². The van der Waals surface area contributed by atoms with Crippen molar-refractivity contribution < 1.29 is 0 Å². The Bertz CT molecular complexity index is 706. The van der Waals surface area contributed by atoms with Crippen molar-refractivity contribution in [1.82, 2.24) is 14.8 Å². The van der Waals surface area contributed by atoms with Crippen LogP contribution in [0.25, 0.3) is 0 Å². The highest BCUT2D eigenvalue weighted by molar-refractivity contribution is 6.30. The fourth-order valence-corrected chi connectivity index (χ4v) is 4.01. The fourth-order valence-electron chi connectivity index (χ4n) is 3.88. The SMILES string of the molecule is Clc1ccc(C2(c3nnc(C4CC4)n3C3CC3)CCC2)cc1. The average molecular weight is 314 g/mol. The summed E-state index contributed by atoms with van der Waals surface area (Å²) in [5, 5.41) is 10.1. The third-order valence-corrected chi connectivity index (χ3v) is 5.86. The predicted molar refractivity (Wildman–Crippen MR) is 86.4 cm³/mol. The lowest BCUT2D eigenvalue weighted by molar-refractivity contribution is 0.274. The molecule has 3 nitrogen and oxygen atoms in total. The van der Waals surface area contributed by atoms with Crippen LogP contribution in [-0.2, 0) is 5.41 Å². The number of hydrogen-bond acceptors (Lipinski definition) is 2. The van der Waals surface area contributed by atoms with Gasteiger partial charge in [0.1, 0.15) is 11.6 Å². The molecule has 1 aromatic heterocycles. The van der Waals surface area contributed by atoms with Crippen molar-refractivity contribution in [3.05, 3.63) is 46.5 Å².